The summed E-state index contributed by atoms with van der Waals surface area (Å²) >= 11 is 1.61. The molecule has 1 aliphatic heterocycles. The van der Waals surface area contributed by atoms with Crippen LogP contribution in [0.5, 0.6) is 0 Å². The minimum atomic E-state index is -0.112. The van der Waals surface area contributed by atoms with Crippen molar-refractivity contribution < 1.29 is 9.53 Å². The number of hydrogen-bond donors (Lipinski definition) is 1. The van der Waals surface area contributed by atoms with Crippen LogP contribution in [0.15, 0.2) is 22.3 Å². The highest BCUT2D eigenvalue weighted by Crippen LogP contribution is 2.24. The largest absolute Gasteiger partial charge is 0.376 e. The van der Waals surface area contributed by atoms with Crippen molar-refractivity contribution in [2.24, 2.45) is 0 Å². The van der Waals surface area contributed by atoms with Crippen LogP contribution < -0.4 is 10.9 Å². The molecule has 1 saturated heterocycles. The minimum absolute atomic E-state index is 0.00505. The Morgan fingerprint density at radius 3 is 3.15 bits per heavy atom. The average molecular weight is 374 g/mol. The van der Waals surface area contributed by atoms with Gasteiger partial charge < -0.3 is 10.1 Å². The van der Waals surface area contributed by atoms with Crippen molar-refractivity contribution in [3.8, 4) is 0 Å². The van der Waals surface area contributed by atoms with Crippen LogP contribution in [0.3, 0.4) is 0 Å². The van der Waals surface area contributed by atoms with Gasteiger partial charge in [0.05, 0.1) is 16.3 Å². The molecule has 1 amide bonds. The topological polar surface area (TPSA) is 77.6 Å². The molecule has 1 fully saturated rings. The summed E-state index contributed by atoms with van der Waals surface area (Å²) in [5, 5.41) is 9.35. The summed E-state index contributed by atoms with van der Waals surface area (Å²) < 4.78 is 9.95. The molecule has 0 bridgehead atoms. The Morgan fingerprint density at radius 2 is 2.35 bits per heavy atom. The maximum Gasteiger partial charge on any atom is 0.291 e. The van der Waals surface area contributed by atoms with Crippen molar-refractivity contribution in [2.75, 3.05) is 13.2 Å². The molecule has 4 heterocycles. The number of aryl methyl sites for hydroxylation is 2. The third-order valence-electron chi connectivity index (χ3n) is 4.79. The molecule has 0 aromatic carbocycles. The predicted molar refractivity (Wildman–Crippen MR) is 101 cm³/mol. The summed E-state index contributed by atoms with van der Waals surface area (Å²) in [7, 11) is 0. The van der Waals surface area contributed by atoms with Crippen molar-refractivity contribution in [3.63, 3.8) is 0 Å². The Bertz CT molecular complexity index is 997. The van der Waals surface area contributed by atoms with Gasteiger partial charge in [-0.1, -0.05) is 0 Å². The lowest BCUT2D eigenvalue weighted by molar-refractivity contribution is -0.121. The first-order chi connectivity index (χ1) is 12.6. The zero-order chi connectivity index (χ0) is 18.1. The summed E-state index contributed by atoms with van der Waals surface area (Å²) in [5.41, 5.74) is 1.55. The van der Waals surface area contributed by atoms with E-state index in [0.29, 0.717) is 31.4 Å². The van der Waals surface area contributed by atoms with Crippen molar-refractivity contribution in [2.45, 2.75) is 45.3 Å². The smallest absolute Gasteiger partial charge is 0.291 e. The Hall–Kier alpha value is -2.19. The molecule has 1 unspecified atom stereocenters. The molecule has 8 heteroatoms. The zero-order valence-corrected chi connectivity index (χ0v) is 15.6. The number of ether oxygens (including phenoxy) is 1. The first-order valence-corrected chi connectivity index (χ1v) is 9.86. The maximum atomic E-state index is 12.7. The molecule has 1 N–H and O–H groups in total. The molecular weight excluding hydrogens is 352 g/mol. The number of fused-ring (bicyclic) bond motifs is 3. The van der Waals surface area contributed by atoms with Crippen LogP contribution in [0, 0.1) is 6.92 Å². The fraction of sp³-hybridized carbons (Fsp3) is 0.500. The van der Waals surface area contributed by atoms with Gasteiger partial charge in [-0.3, -0.25) is 14.0 Å². The number of thiophene rings is 1. The highest BCUT2D eigenvalue weighted by Gasteiger charge is 2.16. The Kier molecular flexibility index (Phi) is 4.78. The van der Waals surface area contributed by atoms with E-state index in [1.165, 1.54) is 4.68 Å². The highest BCUT2D eigenvalue weighted by atomic mass is 32.1. The number of carbonyl (C=O) groups is 1. The van der Waals surface area contributed by atoms with Crippen LogP contribution in [0.2, 0.25) is 0 Å². The number of hydrogen-bond acceptors (Lipinski definition) is 5. The first-order valence-electron chi connectivity index (χ1n) is 8.98. The van der Waals surface area contributed by atoms with E-state index in [4.69, 9.17) is 4.74 Å². The minimum Gasteiger partial charge on any atom is -0.376 e. The number of nitrogens with zero attached hydrogens (tertiary/aromatic N) is 3. The van der Waals surface area contributed by atoms with Gasteiger partial charge >= 0.3 is 0 Å². The molecule has 0 radical (unpaired) electrons. The molecule has 26 heavy (non-hydrogen) atoms. The van der Waals surface area contributed by atoms with E-state index in [1.54, 1.807) is 11.3 Å². The van der Waals surface area contributed by atoms with Crippen molar-refractivity contribution in [1.29, 1.82) is 0 Å². The summed E-state index contributed by atoms with van der Waals surface area (Å²) in [6.45, 7) is 3.69. The van der Waals surface area contributed by atoms with Crippen LogP contribution in [0.25, 0.3) is 15.7 Å². The predicted octanol–water partition coefficient (Wildman–Crippen LogP) is 2.09. The van der Waals surface area contributed by atoms with Gasteiger partial charge in [0.25, 0.3) is 5.56 Å². The van der Waals surface area contributed by atoms with Gasteiger partial charge in [0, 0.05) is 26.1 Å². The van der Waals surface area contributed by atoms with Gasteiger partial charge in [0.15, 0.2) is 0 Å². The monoisotopic (exact) mass is 374 g/mol. The van der Waals surface area contributed by atoms with Crippen LogP contribution in [-0.4, -0.2) is 39.3 Å². The molecule has 0 aliphatic carbocycles. The Balaban J connectivity index is 1.40. The number of aromatic nitrogens is 3. The summed E-state index contributed by atoms with van der Waals surface area (Å²) in [6.07, 6.45) is 3.18. The second-order valence-electron chi connectivity index (χ2n) is 6.65. The van der Waals surface area contributed by atoms with Gasteiger partial charge in [-0.2, -0.15) is 5.10 Å². The van der Waals surface area contributed by atoms with Crippen LogP contribution in [0.4, 0.5) is 0 Å². The standard InChI is InChI=1S/C18H22N4O3S/c1-12-20-21(7-2-5-17(23)19-11-13-4-3-8-25-13)18(24)15-10-16-14(22(12)15)6-9-26-16/h6,9-10,13H,2-5,7-8,11H2,1H3,(H,19,23). The summed E-state index contributed by atoms with van der Waals surface area (Å²) in [4.78, 5) is 24.7. The quantitative estimate of drug-likeness (QED) is 0.717. The fourth-order valence-electron chi connectivity index (χ4n) is 3.49. The first kappa shape index (κ1) is 17.2. The molecule has 4 rings (SSSR count). The molecule has 138 valence electrons. The zero-order valence-electron chi connectivity index (χ0n) is 14.7. The second kappa shape index (κ2) is 7.20. The molecular formula is C18H22N4O3S. The number of nitrogens with one attached hydrogen (secondary N) is 1. The van der Waals surface area contributed by atoms with Crippen LogP contribution in [0.1, 0.15) is 31.5 Å². The molecule has 1 atom stereocenters. The van der Waals surface area contributed by atoms with Crippen molar-refractivity contribution in [1.82, 2.24) is 19.5 Å². The normalized spacial score (nSPS) is 17.3. The van der Waals surface area contributed by atoms with Crippen LogP contribution in [-0.2, 0) is 16.1 Å². The van der Waals surface area contributed by atoms with Crippen LogP contribution >= 0.6 is 11.3 Å². The highest BCUT2D eigenvalue weighted by molar-refractivity contribution is 7.17. The lowest BCUT2D eigenvalue weighted by atomic mass is 10.2. The van der Waals surface area contributed by atoms with Crippen molar-refractivity contribution in [3.05, 3.63) is 33.7 Å². The molecule has 0 saturated carbocycles. The van der Waals surface area contributed by atoms with E-state index in [9.17, 15) is 9.59 Å². The molecule has 7 nitrogen and oxygen atoms in total. The number of rotatable bonds is 6. The number of amides is 1. The van der Waals surface area contributed by atoms with Gasteiger partial charge in [-0.15, -0.1) is 11.3 Å². The average Bonchev–Trinajstić information content (AvgIpc) is 3.33. The van der Waals surface area contributed by atoms with Gasteiger partial charge in [0.2, 0.25) is 5.91 Å². The van der Waals surface area contributed by atoms with Gasteiger partial charge in [-0.05, 0) is 43.7 Å². The molecule has 0 spiro atoms. The van der Waals surface area contributed by atoms with Gasteiger partial charge in [0.1, 0.15) is 11.3 Å². The van der Waals surface area contributed by atoms with E-state index in [2.05, 4.69) is 10.4 Å². The third-order valence-corrected chi connectivity index (χ3v) is 5.64. The lowest BCUT2D eigenvalue weighted by Gasteiger charge is -2.11. The molecule has 1 aliphatic rings. The molecule has 3 aromatic heterocycles. The molecule has 3 aromatic rings. The lowest BCUT2D eigenvalue weighted by Crippen LogP contribution is -2.32. The Labute approximate surface area is 154 Å². The van der Waals surface area contributed by atoms with E-state index >= 15 is 0 Å². The van der Waals surface area contributed by atoms with Crippen molar-refractivity contribution >= 4 is 33.0 Å². The third kappa shape index (κ3) is 3.26. The number of carbonyl (C=O) groups excluding carboxylic acids is 1. The van der Waals surface area contributed by atoms with Gasteiger partial charge in [-0.25, -0.2) is 4.68 Å². The second-order valence-corrected chi connectivity index (χ2v) is 7.60. The van der Waals surface area contributed by atoms with E-state index < -0.39 is 0 Å². The summed E-state index contributed by atoms with van der Waals surface area (Å²) in [6, 6.07) is 3.92. The fourth-order valence-corrected chi connectivity index (χ4v) is 4.29. The van der Waals surface area contributed by atoms with E-state index in [0.717, 1.165) is 35.5 Å². The van der Waals surface area contributed by atoms with E-state index in [-0.39, 0.29) is 17.6 Å². The summed E-state index contributed by atoms with van der Waals surface area (Å²) in [5.74, 6) is 0.769. The van der Waals surface area contributed by atoms with E-state index in [1.807, 2.05) is 28.8 Å². The SMILES string of the molecule is Cc1nn(CCCC(=O)NCC2CCCO2)c(=O)c2cc3sccc3n12. The maximum absolute atomic E-state index is 12.7. The Morgan fingerprint density at radius 1 is 1.46 bits per heavy atom.